The molecular formula is C25H27N3O2. The minimum Gasteiger partial charge on any atom is -0.487 e. The Kier molecular flexibility index (Phi) is 4.24. The van der Waals surface area contributed by atoms with Crippen molar-refractivity contribution in [3.05, 3.63) is 71.3 Å². The van der Waals surface area contributed by atoms with E-state index in [2.05, 4.69) is 37.3 Å². The Morgan fingerprint density at radius 2 is 2.00 bits per heavy atom. The van der Waals surface area contributed by atoms with Gasteiger partial charge in [0, 0.05) is 25.5 Å². The Morgan fingerprint density at radius 1 is 1.23 bits per heavy atom. The second-order valence-electron chi connectivity index (χ2n) is 9.04. The molecule has 2 N–H and O–H groups in total. The number of ether oxygens (including phenoxy) is 1. The van der Waals surface area contributed by atoms with E-state index < -0.39 is 11.1 Å². The number of rotatable bonds is 4. The number of benzene rings is 2. The van der Waals surface area contributed by atoms with Crippen LogP contribution in [0.5, 0.6) is 5.75 Å². The summed E-state index contributed by atoms with van der Waals surface area (Å²) in [5.74, 6) is 1.57. The standard InChI is InChI=1S/C25H27N3O2/c1-24(15-19-6-4-3-5-7-19)16-25(22(29)28(2)23(26)27-25)20-14-18(11-10-17-8-9-17)12-13-21(20)30-24/h3-7,10-14,17H,8-9,15-16H2,1-2H3,(H2,26,27)/b11-10+/t24-,25-/m1/s1. The number of fused-ring (bicyclic) bond motifs is 2. The lowest BCUT2D eigenvalue weighted by atomic mass is 9.74. The van der Waals surface area contributed by atoms with Crippen molar-refractivity contribution in [2.45, 2.75) is 43.7 Å². The Morgan fingerprint density at radius 3 is 2.67 bits per heavy atom. The lowest BCUT2D eigenvalue weighted by Crippen LogP contribution is -2.51. The van der Waals surface area contributed by atoms with Crippen LogP contribution in [0.4, 0.5) is 0 Å². The molecule has 154 valence electrons. The maximum absolute atomic E-state index is 13.4. The lowest BCUT2D eigenvalue weighted by Gasteiger charge is -2.43. The molecule has 2 aromatic carbocycles. The SMILES string of the molecule is CN1C(=O)[C@]2(C[C@@](C)(Cc3ccccc3)Oc3ccc(/C=C/C4CC4)cc32)N=C1N. The van der Waals surface area contributed by atoms with E-state index in [9.17, 15) is 4.79 Å². The molecule has 30 heavy (non-hydrogen) atoms. The summed E-state index contributed by atoms with van der Waals surface area (Å²) in [6, 6.07) is 16.3. The minimum absolute atomic E-state index is 0.0906. The van der Waals surface area contributed by atoms with Gasteiger partial charge in [-0.15, -0.1) is 0 Å². The Labute approximate surface area is 177 Å². The molecule has 1 aliphatic carbocycles. The highest BCUT2D eigenvalue weighted by atomic mass is 16.5. The van der Waals surface area contributed by atoms with Crippen molar-refractivity contribution in [3.8, 4) is 5.75 Å². The summed E-state index contributed by atoms with van der Waals surface area (Å²) in [6.45, 7) is 2.06. The number of carbonyl (C=O) groups excluding carboxylic acids is 1. The molecule has 1 amide bonds. The number of aliphatic imine (C=N–C) groups is 1. The normalized spacial score (nSPS) is 28.0. The van der Waals surface area contributed by atoms with Crippen LogP contribution in [0, 0.1) is 5.92 Å². The summed E-state index contributed by atoms with van der Waals surface area (Å²) in [5, 5.41) is 0. The molecule has 0 radical (unpaired) electrons. The zero-order valence-corrected chi connectivity index (χ0v) is 17.5. The summed E-state index contributed by atoms with van der Waals surface area (Å²) in [6.07, 6.45) is 8.04. The second-order valence-corrected chi connectivity index (χ2v) is 9.04. The van der Waals surface area contributed by atoms with E-state index >= 15 is 0 Å². The van der Waals surface area contributed by atoms with Crippen molar-refractivity contribution in [2.24, 2.45) is 16.6 Å². The molecule has 5 rings (SSSR count). The van der Waals surface area contributed by atoms with Crippen LogP contribution in [0.3, 0.4) is 0 Å². The Bertz CT molecular complexity index is 1060. The zero-order chi connectivity index (χ0) is 20.9. The molecule has 1 spiro atoms. The summed E-state index contributed by atoms with van der Waals surface area (Å²) in [7, 11) is 1.69. The van der Waals surface area contributed by atoms with E-state index in [1.54, 1.807) is 7.05 Å². The number of allylic oxidation sites excluding steroid dienone is 1. The van der Waals surface area contributed by atoms with Gasteiger partial charge in [-0.2, -0.15) is 0 Å². The van der Waals surface area contributed by atoms with E-state index in [0.717, 1.165) is 11.1 Å². The van der Waals surface area contributed by atoms with Gasteiger partial charge in [0.1, 0.15) is 11.4 Å². The predicted octanol–water partition coefficient (Wildman–Crippen LogP) is 3.88. The van der Waals surface area contributed by atoms with Crippen molar-refractivity contribution in [3.63, 3.8) is 0 Å². The molecule has 0 unspecified atom stereocenters. The van der Waals surface area contributed by atoms with Gasteiger partial charge in [-0.25, -0.2) is 4.99 Å². The fourth-order valence-electron chi connectivity index (χ4n) is 4.65. The average molecular weight is 402 g/mol. The molecule has 0 bridgehead atoms. The van der Waals surface area contributed by atoms with Crippen LogP contribution in [0.2, 0.25) is 0 Å². The third kappa shape index (κ3) is 3.18. The van der Waals surface area contributed by atoms with Gasteiger partial charge in [0.05, 0.1) is 0 Å². The third-order valence-corrected chi connectivity index (χ3v) is 6.35. The smallest absolute Gasteiger partial charge is 0.261 e. The number of hydrogen-bond acceptors (Lipinski definition) is 4. The van der Waals surface area contributed by atoms with E-state index in [4.69, 9.17) is 15.5 Å². The van der Waals surface area contributed by atoms with Gasteiger partial charge >= 0.3 is 0 Å². The Balaban J connectivity index is 1.59. The van der Waals surface area contributed by atoms with Crippen molar-refractivity contribution in [1.82, 2.24) is 4.90 Å². The molecule has 0 aromatic heterocycles. The van der Waals surface area contributed by atoms with Crippen LogP contribution >= 0.6 is 0 Å². The largest absolute Gasteiger partial charge is 0.487 e. The highest BCUT2D eigenvalue weighted by molar-refractivity contribution is 6.07. The molecule has 1 saturated carbocycles. The van der Waals surface area contributed by atoms with Gasteiger partial charge in [0.15, 0.2) is 11.5 Å². The third-order valence-electron chi connectivity index (χ3n) is 6.35. The summed E-state index contributed by atoms with van der Waals surface area (Å²) < 4.78 is 6.52. The first-order valence-electron chi connectivity index (χ1n) is 10.6. The highest BCUT2D eigenvalue weighted by Crippen LogP contribution is 2.50. The van der Waals surface area contributed by atoms with Gasteiger partial charge in [0.2, 0.25) is 0 Å². The molecule has 2 heterocycles. The fourth-order valence-corrected chi connectivity index (χ4v) is 4.65. The van der Waals surface area contributed by atoms with Gasteiger partial charge in [-0.1, -0.05) is 48.6 Å². The average Bonchev–Trinajstić information content (AvgIpc) is 3.53. The predicted molar refractivity (Wildman–Crippen MR) is 118 cm³/mol. The quantitative estimate of drug-likeness (QED) is 0.845. The van der Waals surface area contributed by atoms with Crippen molar-refractivity contribution in [1.29, 1.82) is 0 Å². The van der Waals surface area contributed by atoms with Gasteiger partial charge in [-0.3, -0.25) is 9.69 Å². The summed E-state index contributed by atoms with van der Waals surface area (Å²) >= 11 is 0. The van der Waals surface area contributed by atoms with Crippen LogP contribution in [-0.2, 0) is 16.8 Å². The number of carbonyl (C=O) groups is 1. The second kappa shape index (κ2) is 6.73. The van der Waals surface area contributed by atoms with Gasteiger partial charge in [-0.05, 0) is 48.9 Å². The molecule has 5 nitrogen and oxygen atoms in total. The molecular weight excluding hydrogens is 374 g/mol. The van der Waals surface area contributed by atoms with E-state index in [-0.39, 0.29) is 11.9 Å². The summed E-state index contributed by atoms with van der Waals surface area (Å²) in [5.41, 5.74) is 7.53. The molecule has 1 fully saturated rings. The fraction of sp³-hybridized carbons (Fsp3) is 0.360. The molecule has 2 aromatic rings. The molecule has 2 aliphatic heterocycles. The van der Waals surface area contributed by atoms with Crippen LogP contribution in [0.15, 0.2) is 59.6 Å². The first-order valence-corrected chi connectivity index (χ1v) is 10.6. The number of nitrogens with zero attached hydrogens (tertiary/aromatic N) is 2. The summed E-state index contributed by atoms with van der Waals surface area (Å²) in [4.78, 5) is 19.6. The molecule has 5 heteroatoms. The van der Waals surface area contributed by atoms with Gasteiger partial charge < -0.3 is 10.5 Å². The van der Waals surface area contributed by atoms with Crippen LogP contribution in [0.25, 0.3) is 6.08 Å². The van der Waals surface area contributed by atoms with Crippen LogP contribution in [-0.4, -0.2) is 29.4 Å². The van der Waals surface area contributed by atoms with Crippen molar-refractivity contribution >= 4 is 17.9 Å². The van der Waals surface area contributed by atoms with E-state index in [1.807, 2.05) is 30.3 Å². The first-order chi connectivity index (χ1) is 14.4. The number of nitrogens with two attached hydrogens (primary N) is 1. The Hall–Kier alpha value is -3.08. The highest BCUT2D eigenvalue weighted by Gasteiger charge is 2.56. The lowest BCUT2D eigenvalue weighted by molar-refractivity contribution is -0.133. The van der Waals surface area contributed by atoms with Crippen LogP contribution in [0.1, 0.15) is 42.9 Å². The zero-order valence-electron chi connectivity index (χ0n) is 17.5. The van der Waals surface area contributed by atoms with Crippen molar-refractivity contribution in [2.75, 3.05) is 7.05 Å². The molecule has 0 saturated heterocycles. The van der Waals surface area contributed by atoms with E-state index in [1.165, 1.54) is 23.3 Å². The maximum Gasteiger partial charge on any atom is 0.261 e. The molecule has 3 aliphatic rings. The first kappa shape index (κ1) is 18.9. The monoisotopic (exact) mass is 401 g/mol. The number of amides is 1. The number of hydrogen-bond donors (Lipinski definition) is 1. The maximum atomic E-state index is 13.4. The topological polar surface area (TPSA) is 67.9 Å². The van der Waals surface area contributed by atoms with Crippen LogP contribution < -0.4 is 10.5 Å². The molecule has 2 atom stereocenters. The van der Waals surface area contributed by atoms with Gasteiger partial charge in [0.25, 0.3) is 5.91 Å². The van der Waals surface area contributed by atoms with E-state index in [0.29, 0.717) is 24.5 Å². The number of likely N-dealkylation sites (N-methyl/N-ethyl adjacent to an activating group) is 1. The van der Waals surface area contributed by atoms with Crippen molar-refractivity contribution < 1.29 is 9.53 Å². The number of guanidine groups is 1. The minimum atomic E-state index is -1.04.